The zero-order chi connectivity index (χ0) is 15.2. The van der Waals surface area contributed by atoms with E-state index in [1.54, 1.807) is 7.11 Å². The molecular formula is C17H25N3O. The van der Waals surface area contributed by atoms with Crippen molar-refractivity contribution < 1.29 is 4.74 Å². The maximum Gasteiger partial charge on any atom is 0.124 e. The largest absolute Gasteiger partial charge is 0.496 e. The lowest BCUT2D eigenvalue weighted by Gasteiger charge is -2.28. The molecule has 1 aromatic heterocycles. The number of hydrogen-bond donors (Lipinski definition) is 1. The predicted molar refractivity (Wildman–Crippen MR) is 85.6 cm³/mol. The molecule has 2 atom stereocenters. The third kappa shape index (κ3) is 3.27. The molecule has 0 fully saturated rings. The number of aromatic nitrogens is 2. The Balaban J connectivity index is 2.50. The van der Waals surface area contributed by atoms with Gasteiger partial charge in [-0.2, -0.15) is 0 Å². The van der Waals surface area contributed by atoms with Crippen LogP contribution >= 0.6 is 0 Å². The summed E-state index contributed by atoms with van der Waals surface area (Å²) in [4.78, 5) is 4.49. The Hall–Kier alpha value is -1.81. The number of ether oxygens (including phenoxy) is 1. The maximum absolute atomic E-state index is 6.42. The van der Waals surface area contributed by atoms with Crippen molar-refractivity contribution in [2.24, 2.45) is 5.73 Å². The Morgan fingerprint density at radius 3 is 2.71 bits per heavy atom. The highest BCUT2D eigenvalue weighted by Crippen LogP contribution is 2.31. The molecule has 114 valence electrons. The standard InChI is InChI=1S/C17H25N3O/c1-4-8-16-19-11-12-20(16)17(14(18)5-2)13-9-6-7-10-15(13)21-3/h6-7,9-12,14,17H,4-5,8,18H2,1-3H3. The van der Waals surface area contributed by atoms with Crippen LogP contribution in [0.1, 0.15) is 44.1 Å². The highest BCUT2D eigenvalue weighted by Gasteiger charge is 2.25. The maximum atomic E-state index is 6.42. The minimum atomic E-state index is 0.0195. The van der Waals surface area contributed by atoms with Crippen molar-refractivity contribution in [1.29, 1.82) is 0 Å². The van der Waals surface area contributed by atoms with Crippen LogP contribution in [0.2, 0.25) is 0 Å². The molecule has 0 saturated heterocycles. The first-order chi connectivity index (χ1) is 10.2. The number of rotatable bonds is 7. The smallest absolute Gasteiger partial charge is 0.124 e. The van der Waals surface area contributed by atoms with Crippen molar-refractivity contribution in [3.05, 3.63) is 48.0 Å². The number of hydrogen-bond acceptors (Lipinski definition) is 3. The molecule has 0 bridgehead atoms. The van der Waals surface area contributed by atoms with E-state index in [1.807, 2.05) is 30.6 Å². The van der Waals surface area contributed by atoms with Crippen LogP contribution in [-0.2, 0) is 6.42 Å². The fourth-order valence-corrected chi connectivity index (χ4v) is 2.74. The molecule has 0 amide bonds. The molecule has 21 heavy (non-hydrogen) atoms. The molecular weight excluding hydrogens is 262 g/mol. The third-order valence-electron chi connectivity index (χ3n) is 3.86. The molecule has 0 aliphatic rings. The Morgan fingerprint density at radius 2 is 2.05 bits per heavy atom. The van der Waals surface area contributed by atoms with Gasteiger partial charge in [-0.25, -0.2) is 4.98 Å². The van der Waals surface area contributed by atoms with Gasteiger partial charge >= 0.3 is 0 Å². The number of nitrogens with two attached hydrogens (primary N) is 1. The molecule has 1 heterocycles. The Kier molecular flexibility index (Phi) is 5.39. The van der Waals surface area contributed by atoms with E-state index in [4.69, 9.17) is 10.5 Å². The van der Waals surface area contributed by atoms with Crippen LogP contribution in [0.15, 0.2) is 36.7 Å². The number of methoxy groups -OCH3 is 1. The zero-order valence-corrected chi connectivity index (χ0v) is 13.1. The van der Waals surface area contributed by atoms with Gasteiger partial charge in [0, 0.05) is 30.4 Å². The summed E-state index contributed by atoms with van der Waals surface area (Å²) in [5.41, 5.74) is 7.54. The number of benzene rings is 1. The summed E-state index contributed by atoms with van der Waals surface area (Å²) in [6.07, 6.45) is 6.80. The fourth-order valence-electron chi connectivity index (χ4n) is 2.74. The molecule has 0 spiro atoms. The van der Waals surface area contributed by atoms with Crippen molar-refractivity contribution in [3.63, 3.8) is 0 Å². The normalized spacial score (nSPS) is 13.9. The van der Waals surface area contributed by atoms with Gasteiger partial charge in [0.25, 0.3) is 0 Å². The van der Waals surface area contributed by atoms with Gasteiger partial charge in [-0.05, 0) is 18.9 Å². The quantitative estimate of drug-likeness (QED) is 0.851. The van der Waals surface area contributed by atoms with Crippen LogP contribution in [0.25, 0.3) is 0 Å². The minimum Gasteiger partial charge on any atom is -0.496 e. The van der Waals surface area contributed by atoms with E-state index >= 15 is 0 Å². The SMILES string of the molecule is CCCc1nccn1C(c1ccccc1OC)C(N)CC. The second-order valence-corrected chi connectivity index (χ2v) is 5.26. The van der Waals surface area contributed by atoms with Gasteiger partial charge < -0.3 is 15.0 Å². The summed E-state index contributed by atoms with van der Waals surface area (Å²) >= 11 is 0. The molecule has 4 nitrogen and oxygen atoms in total. The van der Waals surface area contributed by atoms with Gasteiger partial charge in [0.2, 0.25) is 0 Å². The molecule has 0 aliphatic carbocycles. The van der Waals surface area contributed by atoms with E-state index in [-0.39, 0.29) is 12.1 Å². The second-order valence-electron chi connectivity index (χ2n) is 5.26. The Labute approximate surface area is 127 Å². The summed E-state index contributed by atoms with van der Waals surface area (Å²) < 4.78 is 7.73. The molecule has 4 heteroatoms. The summed E-state index contributed by atoms with van der Waals surface area (Å²) in [7, 11) is 1.70. The van der Waals surface area contributed by atoms with Crippen LogP contribution < -0.4 is 10.5 Å². The van der Waals surface area contributed by atoms with Gasteiger partial charge in [0.05, 0.1) is 13.2 Å². The van der Waals surface area contributed by atoms with Gasteiger partial charge in [-0.1, -0.05) is 32.0 Å². The Bertz CT molecular complexity index is 565. The molecule has 1 aromatic carbocycles. The van der Waals surface area contributed by atoms with E-state index in [1.165, 1.54) is 0 Å². The molecule has 2 rings (SSSR count). The first-order valence-corrected chi connectivity index (χ1v) is 7.63. The molecule has 0 aliphatic heterocycles. The van der Waals surface area contributed by atoms with Crippen molar-refractivity contribution in [2.75, 3.05) is 7.11 Å². The van der Waals surface area contributed by atoms with Crippen molar-refractivity contribution >= 4 is 0 Å². The summed E-state index contributed by atoms with van der Waals surface area (Å²) in [5, 5.41) is 0. The van der Waals surface area contributed by atoms with Gasteiger partial charge in [-0.3, -0.25) is 0 Å². The molecule has 0 radical (unpaired) electrons. The lowest BCUT2D eigenvalue weighted by molar-refractivity contribution is 0.384. The third-order valence-corrected chi connectivity index (χ3v) is 3.86. The van der Waals surface area contributed by atoms with E-state index in [0.29, 0.717) is 0 Å². The first-order valence-electron chi connectivity index (χ1n) is 7.63. The topological polar surface area (TPSA) is 53.1 Å². The van der Waals surface area contributed by atoms with Crippen molar-refractivity contribution in [3.8, 4) is 5.75 Å². The highest BCUT2D eigenvalue weighted by atomic mass is 16.5. The van der Waals surface area contributed by atoms with Gasteiger partial charge in [-0.15, -0.1) is 0 Å². The fraction of sp³-hybridized carbons (Fsp3) is 0.471. The molecule has 2 N–H and O–H groups in total. The average Bonchev–Trinajstić information content (AvgIpc) is 2.96. The number of imidazole rings is 1. The van der Waals surface area contributed by atoms with Crippen LogP contribution in [0.5, 0.6) is 5.75 Å². The van der Waals surface area contributed by atoms with Crippen LogP contribution in [-0.4, -0.2) is 22.7 Å². The zero-order valence-electron chi connectivity index (χ0n) is 13.1. The summed E-state index contributed by atoms with van der Waals surface area (Å²) in [6, 6.07) is 8.17. The van der Waals surface area contributed by atoms with Gasteiger partial charge in [0.1, 0.15) is 11.6 Å². The van der Waals surface area contributed by atoms with Gasteiger partial charge in [0.15, 0.2) is 0 Å². The van der Waals surface area contributed by atoms with Crippen molar-refractivity contribution in [1.82, 2.24) is 9.55 Å². The van der Waals surface area contributed by atoms with E-state index in [2.05, 4.69) is 29.5 Å². The van der Waals surface area contributed by atoms with E-state index in [9.17, 15) is 0 Å². The van der Waals surface area contributed by atoms with E-state index < -0.39 is 0 Å². The number of aryl methyl sites for hydroxylation is 1. The average molecular weight is 287 g/mol. The van der Waals surface area contributed by atoms with Crippen LogP contribution in [0.3, 0.4) is 0 Å². The number of nitrogens with zero attached hydrogens (tertiary/aromatic N) is 2. The molecule has 0 saturated carbocycles. The lowest BCUT2D eigenvalue weighted by Crippen LogP contribution is -2.33. The summed E-state index contributed by atoms with van der Waals surface area (Å²) in [6.45, 7) is 4.28. The predicted octanol–water partition coefficient (Wildman–Crippen LogP) is 3.17. The van der Waals surface area contributed by atoms with Crippen molar-refractivity contribution in [2.45, 2.75) is 45.2 Å². The monoisotopic (exact) mass is 287 g/mol. The number of para-hydroxylation sites is 1. The second kappa shape index (κ2) is 7.27. The Morgan fingerprint density at radius 1 is 1.29 bits per heavy atom. The highest BCUT2D eigenvalue weighted by molar-refractivity contribution is 5.37. The van der Waals surface area contributed by atoms with Crippen LogP contribution in [0.4, 0.5) is 0 Å². The molecule has 2 unspecified atom stereocenters. The van der Waals surface area contributed by atoms with Crippen LogP contribution in [0, 0.1) is 0 Å². The minimum absolute atomic E-state index is 0.0195. The lowest BCUT2D eigenvalue weighted by atomic mass is 9.96. The summed E-state index contributed by atoms with van der Waals surface area (Å²) in [5.74, 6) is 1.96. The van der Waals surface area contributed by atoms with E-state index in [0.717, 1.165) is 36.4 Å². The first kappa shape index (κ1) is 15.6. The molecule has 2 aromatic rings.